The Balaban J connectivity index is 1.29. The molecule has 6 heteroatoms. The van der Waals surface area contributed by atoms with Gasteiger partial charge in [0, 0.05) is 41.7 Å². The van der Waals surface area contributed by atoms with Crippen molar-refractivity contribution >= 4 is 5.91 Å². The second-order valence-electron chi connectivity index (χ2n) is 8.95. The molecule has 5 rings (SSSR count). The van der Waals surface area contributed by atoms with E-state index in [2.05, 4.69) is 41.4 Å². The Morgan fingerprint density at radius 1 is 1.06 bits per heavy atom. The highest BCUT2D eigenvalue weighted by molar-refractivity contribution is 5.94. The predicted molar refractivity (Wildman–Crippen MR) is 124 cm³/mol. The summed E-state index contributed by atoms with van der Waals surface area (Å²) in [7, 11) is 1.68. The summed E-state index contributed by atoms with van der Waals surface area (Å²) in [6.45, 7) is 3.55. The first-order valence-corrected chi connectivity index (χ1v) is 11.6. The number of carbonyl (C=O) groups excluding carboxylic acids is 1. The molecular weight excluding hydrogens is 400 g/mol. The van der Waals surface area contributed by atoms with Crippen molar-refractivity contribution in [2.24, 2.45) is 0 Å². The highest BCUT2D eigenvalue weighted by Crippen LogP contribution is 2.32. The van der Waals surface area contributed by atoms with Gasteiger partial charge in [-0.05, 0) is 80.8 Å². The number of nitrogens with zero attached hydrogens (tertiary/aromatic N) is 3. The maximum Gasteiger partial charge on any atom is 0.274 e. The van der Waals surface area contributed by atoms with Crippen molar-refractivity contribution in [2.45, 2.75) is 51.4 Å². The molecule has 1 saturated heterocycles. The molecule has 32 heavy (non-hydrogen) atoms. The average molecular weight is 431 g/mol. The Hall–Kier alpha value is -3.15. The zero-order chi connectivity index (χ0) is 22.1. The number of pyridine rings is 1. The topological polar surface area (TPSA) is 71.1 Å². The van der Waals surface area contributed by atoms with Gasteiger partial charge in [-0.2, -0.15) is 5.10 Å². The molecule has 0 unspecified atom stereocenters. The van der Waals surface area contributed by atoms with E-state index in [0.29, 0.717) is 11.6 Å². The summed E-state index contributed by atoms with van der Waals surface area (Å²) in [6, 6.07) is 12.5. The number of ether oxygens (including phenoxy) is 1. The number of H-pyrrole nitrogens is 1. The van der Waals surface area contributed by atoms with Gasteiger partial charge in [0.05, 0.1) is 7.11 Å². The second kappa shape index (κ2) is 8.77. The zero-order valence-corrected chi connectivity index (χ0v) is 18.9. The van der Waals surface area contributed by atoms with E-state index in [9.17, 15) is 4.79 Å². The van der Waals surface area contributed by atoms with E-state index in [1.54, 1.807) is 7.11 Å². The summed E-state index contributed by atoms with van der Waals surface area (Å²) < 4.78 is 5.28. The van der Waals surface area contributed by atoms with E-state index in [1.807, 2.05) is 17.0 Å². The van der Waals surface area contributed by atoms with Crippen molar-refractivity contribution < 1.29 is 9.53 Å². The molecule has 1 N–H and O–H groups in total. The van der Waals surface area contributed by atoms with Crippen molar-refractivity contribution in [1.82, 2.24) is 20.1 Å². The summed E-state index contributed by atoms with van der Waals surface area (Å²) in [5, 5.41) is 7.48. The molecule has 1 amide bonds. The van der Waals surface area contributed by atoms with Crippen LogP contribution >= 0.6 is 0 Å². The van der Waals surface area contributed by atoms with Crippen molar-refractivity contribution in [3.8, 4) is 16.9 Å². The number of piperidine rings is 1. The molecular formula is C26H30N4O2. The Labute approximate surface area is 189 Å². The molecule has 0 saturated carbocycles. The minimum absolute atomic E-state index is 0.0824. The number of hydrogen-bond donors (Lipinski definition) is 1. The van der Waals surface area contributed by atoms with Gasteiger partial charge in [0.1, 0.15) is 5.75 Å². The maximum absolute atomic E-state index is 13.1. The molecule has 1 fully saturated rings. The normalized spacial score (nSPS) is 16.6. The van der Waals surface area contributed by atoms with E-state index in [-0.39, 0.29) is 5.91 Å². The number of nitrogens with one attached hydrogen (secondary N) is 1. The molecule has 6 nitrogen and oxygen atoms in total. The van der Waals surface area contributed by atoms with Crippen LogP contribution in [0.1, 0.15) is 64.7 Å². The number of likely N-dealkylation sites (tertiary alicyclic amines) is 1. The predicted octanol–water partition coefficient (Wildman–Crippen LogP) is 4.69. The highest BCUT2D eigenvalue weighted by Gasteiger charge is 2.29. The summed E-state index contributed by atoms with van der Waals surface area (Å²) in [5.41, 5.74) is 7.44. The van der Waals surface area contributed by atoms with Crippen LogP contribution in [0.15, 0.2) is 36.4 Å². The van der Waals surface area contributed by atoms with Crippen LogP contribution in [0, 0.1) is 6.92 Å². The minimum atomic E-state index is 0.0824. The van der Waals surface area contributed by atoms with Crippen LogP contribution in [0.5, 0.6) is 5.75 Å². The van der Waals surface area contributed by atoms with Crippen molar-refractivity contribution in [1.29, 1.82) is 0 Å². The van der Waals surface area contributed by atoms with E-state index >= 15 is 0 Å². The summed E-state index contributed by atoms with van der Waals surface area (Å²) in [5.74, 6) is 1.30. The van der Waals surface area contributed by atoms with Crippen molar-refractivity contribution in [3.63, 3.8) is 0 Å². The Bertz CT molecular complexity index is 1110. The van der Waals surface area contributed by atoms with Gasteiger partial charge in [-0.1, -0.05) is 12.1 Å². The quantitative estimate of drug-likeness (QED) is 0.652. The van der Waals surface area contributed by atoms with Gasteiger partial charge in [-0.3, -0.25) is 14.9 Å². The Kier molecular flexibility index (Phi) is 5.68. The maximum atomic E-state index is 13.1. The molecule has 0 radical (unpaired) electrons. The van der Waals surface area contributed by atoms with Crippen LogP contribution in [0.2, 0.25) is 0 Å². The number of rotatable bonds is 4. The van der Waals surface area contributed by atoms with Gasteiger partial charge in [0.25, 0.3) is 5.91 Å². The highest BCUT2D eigenvalue weighted by atomic mass is 16.5. The smallest absolute Gasteiger partial charge is 0.274 e. The molecule has 0 atom stereocenters. The van der Waals surface area contributed by atoms with Crippen LogP contribution in [-0.4, -0.2) is 46.2 Å². The Morgan fingerprint density at radius 2 is 1.81 bits per heavy atom. The summed E-state index contributed by atoms with van der Waals surface area (Å²) in [6.07, 6.45) is 6.15. The van der Waals surface area contributed by atoms with Gasteiger partial charge in [0.15, 0.2) is 5.69 Å². The molecule has 1 aliphatic heterocycles. The van der Waals surface area contributed by atoms with Crippen molar-refractivity contribution in [3.05, 3.63) is 64.7 Å². The molecule has 1 aromatic carbocycles. The number of fused-ring (bicyclic) bond motifs is 1. The number of methoxy groups -OCH3 is 1. The number of aromatic nitrogens is 3. The first-order chi connectivity index (χ1) is 15.6. The molecule has 2 aromatic heterocycles. The van der Waals surface area contributed by atoms with Crippen LogP contribution in [0.3, 0.4) is 0 Å². The van der Waals surface area contributed by atoms with Crippen molar-refractivity contribution in [2.75, 3.05) is 20.2 Å². The third kappa shape index (κ3) is 4.01. The summed E-state index contributed by atoms with van der Waals surface area (Å²) in [4.78, 5) is 20.0. The Morgan fingerprint density at radius 3 is 2.56 bits per heavy atom. The summed E-state index contributed by atoms with van der Waals surface area (Å²) >= 11 is 0. The van der Waals surface area contributed by atoms with E-state index < -0.39 is 0 Å². The number of benzene rings is 1. The van der Waals surface area contributed by atoms with Crippen LogP contribution in [0.4, 0.5) is 0 Å². The van der Waals surface area contributed by atoms with Gasteiger partial charge in [0.2, 0.25) is 0 Å². The lowest BCUT2D eigenvalue weighted by atomic mass is 9.90. The minimum Gasteiger partial charge on any atom is -0.497 e. The number of aryl methyl sites for hydroxylation is 2. The fourth-order valence-corrected chi connectivity index (χ4v) is 5.04. The fourth-order valence-electron chi connectivity index (χ4n) is 5.04. The lowest BCUT2D eigenvalue weighted by Gasteiger charge is -2.32. The van der Waals surface area contributed by atoms with Crippen LogP contribution in [-0.2, 0) is 12.8 Å². The largest absolute Gasteiger partial charge is 0.497 e. The standard InChI is InChI=1S/C26H30N4O2/c1-17-15-20(18-7-9-21(32-2)10-8-18)16-24(27-17)19-11-13-30(14-12-19)26(31)25-22-5-3-4-6-23(22)28-29-25/h7-10,15-16,19H,3-6,11-14H2,1-2H3,(H,28,29). The van der Waals surface area contributed by atoms with E-state index in [1.165, 1.54) is 12.0 Å². The average Bonchev–Trinajstić information content (AvgIpc) is 3.27. The lowest BCUT2D eigenvalue weighted by molar-refractivity contribution is 0.0704. The number of carbonyl (C=O) groups is 1. The second-order valence-corrected chi connectivity index (χ2v) is 8.95. The van der Waals surface area contributed by atoms with Gasteiger partial charge in [-0.25, -0.2) is 0 Å². The molecule has 3 heterocycles. The molecule has 3 aromatic rings. The fraction of sp³-hybridized carbons (Fsp3) is 0.423. The monoisotopic (exact) mass is 430 g/mol. The molecule has 0 bridgehead atoms. The molecule has 2 aliphatic rings. The lowest BCUT2D eigenvalue weighted by Crippen LogP contribution is -2.38. The van der Waals surface area contributed by atoms with E-state index in [0.717, 1.165) is 79.2 Å². The third-order valence-electron chi connectivity index (χ3n) is 6.86. The van der Waals surface area contributed by atoms with E-state index in [4.69, 9.17) is 9.72 Å². The third-order valence-corrected chi connectivity index (χ3v) is 6.86. The number of amides is 1. The SMILES string of the molecule is COc1ccc(-c2cc(C)nc(C3CCN(C(=O)c4n[nH]c5c4CCCC5)CC3)c2)cc1. The van der Waals surface area contributed by atoms with Gasteiger partial charge in [-0.15, -0.1) is 0 Å². The van der Waals surface area contributed by atoms with Gasteiger partial charge < -0.3 is 9.64 Å². The van der Waals surface area contributed by atoms with Crippen LogP contribution < -0.4 is 4.74 Å². The molecule has 1 aliphatic carbocycles. The zero-order valence-electron chi connectivity index (χ0n) is 18.9. The van der Waals surface area contributed by atoms with Crippen LogP contribution in [0.25, 0.3) is 11.1 Å². The van der Waals surface area contributed by atoms with Gasteiger partial charge >= 0.3 is 0 Å². The number of hydrogen-bond acceptors (Lipinski definition) is 4. The first kappa shape index (κ1) is 20.7. The molecule has 0 spiro atoms. The first-order valence-electron chi connectivity index (χ1n) is 11.6. The number of aromatic amines is 1. The molecule has 166 valence electrons.